The molecule has 1 fully saturated rings. The van der Waals surface area contributed by atoms with E-state index in [-0.39, 0.29) is 0 Å². The van der Waals surface area contributed by atoms with Crippen LogP contribution in [-0.4, -0.2) is 22.4 Å². The fraction of sp³-hybridized carbons (Fsp3) is 0.500. The molecular formula is C16H22N4S. The van der Waals surface area contributed by atoms with Crippen LogP contribution in [-0.2, 0) is 0 Å². The summed E-state index contributed by atoms with van der Waals surface area (Å²) in [6.45, 7) is 4.52. The quantitative estimate of drug-likeness (QED) is 0.937. The lowest BCUT2D eigenvalue weighted by Crippen LogP contribution is -2.23. The standard InChI is InChI=1S/C16H22N4S/c1-2-12-4-3-10-20(11-7-12)16-14(15(17)19-21-16)13-5-8-18-9-6-13/h5-6,8-9,12H,2-4,7,10-11H2,1H3,(H2,17,19). The molecule has 2 aromatic heterocycles. The van der Waals surface area contributed by atoms with Gasteiger partial charge in [0.05, 0.1) is 5.56 Å². The van der Waals surface area contributed by atoms with Gasteiger partial charge in [-0.1, -0.05) is 13.3 Å². The van der Waals surface area contributed by atoms with Gasteiger partial charge in [0.25, 0.3) is 0 Å². The molecular weight excluding hydrogens is 280 g/mol. The average molecular weight is 302 g/mol. The summed E-state index contributed by atoms with van der Waals surface area (Å²) in [6.07, 6.45) is 8.77. The number of hydrogen-bond donors (Lipinski definition) is 1. The van der Waals surface area contributed by atoms with E-state index in [1.54, 1.807) is 0 Å². The summed E-state index contributed by atoms with van der Waals surface area (Å²) in [5.74, 6) is 1.50. The Morgan fingerprint density at radius 2 is 2.10 bits per heavy atom. The summed E-state index contributed by atoms with van der Waals surface area (Å²) in [5, 5.41) is 1.22. The Balaban J connectivity index is 1.89. The number of nitrogens with zero attached hydrogens (tertiary/aromatic N) is 3. The molecule has 2 aromatic rings. The molecule has 3 heterocycles. The Morgan fingerprint density at radius 1 is 1.29 bits per heavy atom. The molecule has 0 aromatic carbocycles. The Kier molecular flexibility index (Phi) is 4.39. The second-order valence-corrected chi connectivity index (χ2v) is 6.43. The second kappa shape index (κ2) is 6.43. The minimum atomic E-state index is 0.637. The first-order chi connectivity index (χ1) is 10.3. The molecule has 1 atom stereocenters. The normalized spacial score (nSPS) is 19.5. The van der Waals surface area contributed by atoms with Crippen molar-refractivity contribution in [3.05, 3.63) is 24.5 Å². The molecule has 1 aliphatic rings. The van der Waals surface area contributed by atoms with Gasteiger partial charge in [-0.3, -0.25) is 4.98 Å². The highest BCUT2D eigenvalue weighted by Crippen LogP contribution is 2.40. The number of nitrogens with two attached hydrogens (primary N) is 1. The highest BCUT2D eigenvalue weighted by Gasteiger charge is 2.22. The van der Waals surface area contributed by atoms with E-state index in [1.807, 2.05) is 24.5 Å². The molecule has 21 heavy (non-hydrogen) atoms. The Labute approximate surface area is 130 Å². The van der Waals surface area contributed by atoms with Gasteiger partial charge in [-0.15, -0.1) is 0 Å². The van der Waals surface area contributed by atoms with Crippen LogP contribution in [0.4, 0.5) is 10.8 Å². The molecule has 112 valence electrons. The monoisotopic (exact) mass is 302 g/mol. The van der Waals surface area contributed by atoms with E-state index >= 15 is 0 Å². The fourth-order valence-electron chi connectivity index (χ4n) is 3.08. The number of aromatic nitrogens is 2. The SMILES string of the molecule is CCC1CCCN(c2snc(N)c2-c2ccncc2)CC1. The molecule has 3 rings (SSSR count). The van der Waals surface area contributed by atoms with Crippen molar-refractivity contribution in [1.82, 2.24) is 9.36 Å². The van der Waals surface area contributed by atoms with Crippen LogP contribution < -0.4 is 10.6 Å². The summed E-state index contributed by atoms with van der Waals surface area (Å²) in [5.41, 5.74) is 8.32. The van der Waals surface area contributed by atoms with Crippen LogP contribution in [0.2, 0.25) is 0 Å². The molecule has 4 nitrogen and oxygen atoms in total. The van der Waals surface area contributed by atoms with Gasteiger partial charge >= 0.3 is 0 Å². The molecule has 2 N–H and O–H groups in total. The molecule has 0 bridgehead atoms. The van der Waals surface area contributed by atoms with E-state index < -0.39 is 0 Å². The maximum atomic E-state index is 6.12. The second-order valence-electron chi connectivity index (χ2n) is 5.68. The minimum Gasteiger partial charge on any atom is -0.382 e. The molecule has 0 radical (unpaired) electrons. The van der Waals surface area contributed by atoms with Crippen LogP contribution >= 0.6 is 11.5 Å². The molecule has 0 saturated carbocycles. The van der Waals surface area contributed by atoms with Crippen molar-refractivity contribution < 1.29 is 0 Å². The van der Waals surface area contributed by atoms with Crippen molar-refractivity contribution in [2.24, 2.45) is 5.92 Å². The van der Waals surface area contributed by atoms with E-state index in [1.165, 1.54) is 42.2 Å². The number of hydrogen-bond acceptors (Lipinski definition) is 5. The molecule has 5 heteroatoms. The number of nitrogen functional groups attached to an aromatic ring is 1. The topological polar surface area (TPSA) is 55.0 Å². The van der Waals surface area contributed by atoms with Gasteiger partial charge in [-0.05, 0) is 54.4 Å². The number of pyridine rings is 1. The van der Waals surface area contributed by atoms with Crippen molar-refractivity contribution >= 4 is 22.4 Å². The largest absolute Gasteiger partial charge is 0.382 e. The number of anilines is 2. The van der Waals surface area contributed by atoms with E-state index in [4.69, 9.17) is 5.73 Å². The third kappa shape index (κ3) is 3.02. The van der Waals surface area contributed by atoms with Crippen LogP contribution in [0, 0.1) is 5.92 Å². The van der Waals surface area contributed by atoms with Crippen LogP contribution in [0.3, 0.4) is 0 Å². The Bertz CT molecular complexity index is 581. The maximum Gasteiger partial charge on any atom is 0.147 e. The smallest absolute Gasteiger partial charge is 0.147 e. The lowest BCUT2D eigenvalue weighted by Gasteiger charge is -2.22. The molecule has 1 aliphatic heterocycles. The highest BCUT2D eigenvalue weighted by molar-refractivity contribution is 7.11. The van der Waals surface area contributed by atoms with Gasteiger partial charge < -0.3 is 10.6 Å². The van der Waals surface area contributed by atoms with Gasteiger partial charge in [0, 0.05) is 25.5 Å². The summed E-state index contributed by atoms with van der Waals surface area (Å²) in [4.78, 5) is 6.56. The molecule has 1 saturated heterocycles. The maximum absolute atomic E-state index is 6.12. The van der Waals surface area contributed by atoms with Gasteiger partial charge in [0.15, 0.2) is 0 Å². The lowest BCUT2D eigenvalue weighted by molar-refractivity contribution is 0.460. The highest BCUT2D eigenvalue weighted by atomic mass is 32.1. The van der Waals surface area contributed by atoms with Gasteiger partial charge in [0.1, 0.15) is 10.8 Å². The predicted octanol–water partition coefficient (Wildman–Crippen LogP) is 3.80. The van der Waals surface area contributed by atoms with Crippen molar-refractivity contribution in [3.8, 4) is 11.1 Å². The zero-order valence-electron chi connectivity index (χ0n) is 12.5. The number of rotatable bonds is 3. The van der Waals surface area contributed by atoms with E-state index in [2.05, 4.69) is 21.2 Å². The van der Waals surface area contributed by atoms with Crippen molar-refractivity contribution in [1.29, 1.82) is 0 Å². The summed E-state index contributed by atoms with van der Waals surface area (Å²) < 4.78 is 4.40. The lowest BCUT2D eigenvalue weighted by atomic mass is 9.98. The van der Waals surface area contributed by atoms with Crippen molar-refractivity contribution in [2.75, 3.05) is 23.7 Å². The Hall–Kier alpha value is -1.62. The predicted molar refractivity (Wildman–Crippen MR) is 89.6 cm³/mol. The minimum absolute atomic E-state index is 0.637. The van der Waals surface area contributed by atoms with E-state index in [0.29, 0.717) is 5.82 Å². The molecule has 0 amide bonds. The average Bonchev–Trinajstić information content (AvgIpc) is 2.75. The van der Waals surface area contributed by atoms with Crippen molar-refractivity contribution in [2.45, 2.75) is 32.6 Å². The summed E-state index contributed by atoms with van der Waals surface area (Å²) in [7, 11) is 0. The van der Waals surface area contributed by atoms with Crippen molar-refractivity contribution in [3.63, 3.8) is 0 Å². The van der Waals surface area contributed by atoms with E-state index in [0.717, 1.165) is 30.1 Å². The third-order valence-electron chi connectivity index (χ3n) is 4.38. The van der Waals surface area contributed by atoms with Crippen LogP contribution in [0.5, 0.6) is 0 Å². The fourth-order valence-corrected chi connectivity index (χ4v) is 3.96. The van der Waals surface area contributed by atoms with Crippen LogP contribution in [0.1, 0.15) is 32.6 Å². The Morgan fingerprint density at radius 3 is 2.86 bits per heavy atom. The van der Waals surface area contributed by atoms with Gasteiger partial charge in [0.2, 0.25) is 0 Å². The first-order valence-electron chi connectivity index (χ1n) is 7.70. The van der Waals surface area contributed by atoms with Gasteiger partial charge in [-0.2, -0.15) is 4.37 Å². The molecule has 0 aliphatic carbocycles. The van der Waals surface area contributed by atoms with Crippen LogP contribution in [0.15, 0.2) is 24.5 Å². The van der Waals surface area contributed by atoms with E-state index in [9.17, 15) is 0 Å². The van der Waals surface area contributed by atoms with Crippen LogP contribution in [0.25, 0.3) is 11.1 Å². The van der Waals surface area contributed by atoms with Gasteiger partial charge in [-0.25, -0.2) is 0 Å². The summed E-state index contributed by atoms with van der Waals surface area (Å²) >= 11 is 1.53. The zero-order valence-corrected chi connectivity index (χ0v) is 13.3. The summed E-state index contributed by atoms with van der Waals surface area (Å²) in [6, 6.07) is 4.02. The molecule has 1 unspecified atom stereocenters. The first kappa shape index (κ1) is 14.3. The zero-order chi connectivity index (χ0) is 14.7. The third-order valence-corrected chi connectivity index (χ3v) is 5.30. The first-order valence-corrected chi connectivity index (χ1v) is 8.47. The molecule has 0 spiro atoms.